The van der Waals surface area contributed by atoms with E-state index in [1.807, 2.05) is 0 Å². The number of carbonyl (C=O) groups is 1. The summed E-state index contributed by atoms with van der Waals surface area (Å²) in [4.78, 5) is 12.4. The summed E-state index contributed by atoms with van der Waals surface area (Å²) in [7, 11) is -1.22. The predicted molar refractivity (Wildman–Crippen MR) is 99.7 cm³/mol. The first-order valence-corrected chi connectivity index (χ1v) is 14.1. The van der Waals surface area contributed by atoms with Gasteiger partial charge in [0, 0.05) is 0 Å². The van der Waals surface area contributed by atoms with Crippen molar-refractivity contribution in [1.29, 1.82) is 0 Å². The topological polar surface area (TPSA) is 17.1 Å². The van der Waals surface area contributed by atoms with E-state index >= 15 is 0 Å². The van der Waals surface area contributed by atoms with Crippen LogP contribution in [-0.4, -0.2) is 28.8 Å². The molecule has 1 saturated carbocycles. The summed E-state index contributed by atoms with van der Waals surface area (Å²) in [5.74, 6) is 1.66. The number of hydrogen-bond donors (Lipinski definition) is 0. The molecule has 1 fully saturated rings. The SMILES string of the molecule is CCCCCC(=O)[C@@H]1C[C@H]1C([Se]c1ccccc1)[Si](C)(C)C. The van der Waals surface area contributed by atoms with Gasteiger partial charge in [-0.15, -0.1) is 0 Å². The van der Waals surface area contributed by atoms with Gasteiger partial charge >= 0.3 is 143 Å². The molecule has 1 aliphatic rings. The molecule has 1 aromatic carbocycles. The van der Waals surface area contributed by atoms with E-state index < -0.39 is 8.07 Å². The Morgan fingerprint density at radius 3 is 2.50 bits per heavy atom. The van der Waals surface area contributed by atoms with Crippen molar-refractivity contribution in [3.63, 3.8) is 0 Å². The van der Waals surface area contributed by atoms with E-state index in [-0.39, 0.29) is 0 Å². The van der Waals surface area contributed by atoms with E-state index in [0.717, 1.165) is 17.3 Å². The third-order valence-electron chi connectivity index (χ3n) is 4.53. The van der Waals surface area contributed by atoms with Crippen molar-refractivity contribution in [2.24, 2.45) is 11.8 Å². The number of unbranched alkanes of at least 4 members (excludes halogenated alkanes) is 2. The maximum atomic E-state index is 12.4. The van der Waals surface area contributed by atoms with Crippen LogP contribution < -0.4 is 4.46 Å². The quantitative estimate of drug-likeness (QED) is 0.456. The monoisotopic (exact) mass is 382 g/mol. The summed E-state index contributed by atoms with van der Waals surface area (Å²) in [5, 5.41) is 0. The van der Waals surface area contributed by atoms with Gasteiger partial charge in [-0.05, 0) is 0 Å². The molecule has 22 heavy (non-hydrogen) atoms. The molecule has 0 bridgehead atoms. The average molecular weight is 381 g/mol. The van der Waals surface area contributed by atoms with Crippen molar-refractivity contribution in [1.82, 2.24) is 0 Å². The molecule has 0 radical (unpaired) electrons. The molecular weight excluding hydrogens is 351 g/mol. The first kappa shape index (κ1) is 18.0. The van der Waals surface area contributed by atoms with Gasteiger partial charge in [-0.1, -0.05) is 0 Å². The molecule has 2 rings (SSSR count). The van der Waals surface area contributed by atoms with Crippen LogP contribution in [0.4, 0.5) is 0 Å². The maximum absolute atomic E-state index is 12.4. The number of rotatable bonds is 9. The summed E-state index contributed by atoms with van der Waals surface area (Å²) >= 11 is 0.523. The van der Waals surface area contributed by atoms with Crippen LogP contribution in [0.15, 0.2) is 30.3 Å². The van der Waals surface area contributed by atoms with Crippen LogP contribution in [0.3, 0.4) is 0 Å². The Balaban J connectivity index is 1.96. The molecule has 0 N–H and O–H groups in total. The molecular formula is C19H30OSeSi. The Kier molecular flexibility index (Phi) is 6.49. The number of carbonyl (C=O) groups excluding carboxylic acids is 1. The third-order valence-corrected chi connectivity index (χ3v) is 14.1. The molecule has 0 saturated heterocycles. The molecule has 0 heterocycles. The Labute approximate surface area is 143 Å². The molecule has 0 aromatic heterocycles. The van der Waals surface area contributed by atoms with Crippen LogP contribution in [0.1, 0.15) is 39.0 Å². The van der Waals surface area contributed by atoms with Gasteiger partial charge in [0.1, 0.15) is 0 Å². The third kappa shape index (κ3) is 5.08. The van der Waals surface area contributed by atoms with Gasteiger partial charge in [-0.2, -0.15) is 0 Å². The summed E-state index contributed by atoms with van der Waals surface area (Å²) in [5.41, 5.74) is 0. The van der Waals surface area contributed by atoms with E-state index in [1.165, 1.54) is 23.7 Å². The van der Waals surface area contributed by atoms with Crippen molar-refractivity contribution in [2.45, 2.75) is 63.1 Å². The second kappa shape index (κ2) is 7.94. The van der Waals surface area contributed by atoms with Gasteiger partial charge in [-0.3, -0.25) is 0 Å². The Morgan fingerprint density at radius 1 is 1.23 bits per heavy atom. The second-order valence-corrected chi connectivity index (χ2v) is 16.5. The van der Waals surface area contributed by atoms with Gasteiger partial charge in [-0.25, -0.2) is 0 Å². The van der Waals surface area contributed by atoms with Crippen LogP contribution in [0.2, 0.25) is 24.1 Å². The first-order chi connectivity index (χ1) is 10.4. The molecule has 3 atom stereocenters. The van der Waals surface area contributed by atoms with Gasteiger partial charge in [0.05, 0.1) is 0 Å². The number of benzene rings is 1. The zero-order chi connectivity index (χ0) is 16.2. The zero-order valence-corrected chi connectivity index (χ0v) is 17.2. The van der Waals surface area contributed by atoms with Gasteiger partial charge in [0.2, 0.25) is 0 Å². The fourth-order valence-corrected chi connectivity index (χ4v) is 10.4. The average Bonchev–Trinajstić information content (AvgIpc) is 3.25. The van der Waals surface area contributed by atoms with Crippen molar-refractivity contribution < 1.29 is 4.79 Å². The molecule has 0 amide bonds. The van der Waals surface area contributed by atoms with Crippen molar-refractivity contribution >= 4 is 33.3 Å². The number of ketones is 1. The fourth-order valence-electron chi connectivity index (χ4n) is 3.21. The normalized spacial score (nSPS) is 22.4. The minimum absolute atomic E-state index is 0.402. The van der Waals surface area contributed by atoms with Crippen molar-refractivity contribution in [2.75, 3.05) is 0 Å². The summed E-state index contributed by atoms with van der Waals surface area (Å²) in [6.07, 6.45) is 5.50. The van der Waals surface area contributed by atoms with Gasteiger partial charge in [0.15, 0.2) is 0 Å². The van der Waals surface area contributed by atoms with Crippen molar-refractivity contribution in [3.05, 3.63) is 30.3 Å². The van der Waals surface area contributed by atoms with E-state index in [2.05, 4.69) is 56.9 Å². The fraction of sp³-hybridized carbons (Fsp3) is 0.632. The molecule has 3 heteroatoms. The van der Waals surface area contributed by atoms with E-state index in [0.29, 0.717) is 32.6 Å². The van der Waals surface area contributed by atoms with Crippen LogP contribution in [-0.2, 0) is 4.79 Å². The van der Waals surface area contributed by atoms with Crippen LogP contribution in [0, 0.1) is 11.8 Å². The number of Topliss-reactive ketones (excluding diaryl/α,β-unsaturated/α-hetero) is 1. The van der Waals surface area contributed by atoms with E-state index in [4.69, 9.17) is 0 Å². The van der Waals surface area contributed by atoms with Crippen LogP contribution in [0.5, 0.6) is 0 Å². The zero-order valence-electron chi connectivity index (χ0n) is 14.5. The second-order valence-electron chi connectivity index (χ2n) is 7.65. The summed E-state index contributed by atoms with van der Waals surface area (Å²) in [6, 6.07) is 10.9. The first-order valence-electron chi connectivity index (χ1n) is 8.68. The van der Waals surface area contributed by atoms with Gasteiger partial charge < -0.3 is 0 Å². The Bertz CT molecular complexity index is 480. The molecule has 122 valence electrons. The van der Waals surface area contributed by atoms with Crippen LogP contribution in [0.25, 0.3) is 0 Å². The van der Waals surface area contributed by atoms with E-state index in [1.54, 1.807) is 0 Å². The molecule has 0 aliphatic heterocycles. The van der Waals surface area contributed by atoms with Gasteiger partial charge in [0.25, 0.3) is 0 Å². The molecule has 1 aliphatic carbocycles. The number of hydrogen-bond acceptors (Lipinski definition) is 1. The minimum atomic E-state index is -1.22. The summed E-state index contributed by atoms with van der Waals surface area (Å²) in [6.45, 7) is 9.66. The molecule has 1 nitrogen and oxygen atoms in total. The molecule has 1 aromatic rings. The molecule has 0 spiro atoms. The molecule has 1 unspecified atom stereocenters. The summed E-state index contributed by atoms with van der Waals surface area (Å²) < 4.78 is 2.31. The Morgan fingerprint density at radius 2 is 1.91 bits per heavy atom. The van der Waals surface area contributed by atoms with Crippen LogP contribution >= 0.6 is 0 Å². The Hall–Kier alpha value is -0.374. The standard InChI is InChI=1S/C19H30OSeSi/c1-5-6-8-13-18(20)16-14-17(16)19(22(2,3)4)21-15-11-9-7-10-12-15/h7,9-12,16-17,19H,5-6,8,13-14H2,1-4H3/t16-,17-,19?/m1/s1. The van der Waals surface area contributed by atoms with E-state index in [9.17, 15) is 4.79 Å². The van der Waals surface area contributed by atoms with Crippen molar-refractivity contribution in [3.8, 4) is 0 Å². The predicted octanol–water partition coefficient (Wildman–Crippen LogP) is 4.47.